The Morgan fingerprint density at radius 3 is 2.71 bits per heavy atom. The van der Waals surface area contributed by atoms with Crippen LogP contribution in [0.5, 0.6) is 0 Å². The summed E-state index contributed by atoms with van der Waals surface area (Å²) in [4.78, 5) is 23.9. The molecule has 0 unspecified atom stereocenters. The molecule has 3 aromatic rings. The third-order valence-corrected chi connectivity index (χ3v) is 6.04. The number of benzene rings is 1. The molecular formula is C22H19F3N4OS. The molecule has 0 saturated heterocycles. The van der Waals surface area contributed by atoms with Crippen molar-refractivity contribution in [1.29, 1.82) is 0 Å². The second-order valence-electron chi connectivity index (χ2n) is 7.03. The van der Waals surface area contributed by atoms with E-state index in [-0.39, 0.29) is 22.8 Å². The van der Waals surface area contributed by atoms with Crippen LogP contribution in [-0.2, 0) is 0 Å². The summed E-state index contributed by atoms with van der Waals surface area (Å²) in [7, 11) is 0. The number of carbonyl (C=O) groups is 1. The van der Waals surface area contributed by atoms with Gasteiger partial charge in [0.2, 0.25) is 0 Å². The van der Waals surface area contributed by atoms with E-state index in [0.29, 0.717) is 22.3 Å². The van der Waals surface area contributed by atoms with Gasteiger partial charge < -0.3 is 10.6 Å². The van der Waals surface area contributed by atoms with Crippen molar-refractivity contribution in [3.05, 3.63) is 58.4 Å². The van der Waals surface area contributed by atoms with Gasteiger partial charge in [0, 0.05) is 30.3 Å². The van der Waals surface area contributed by atoms with Crippen LogP contribution in [0.15, 0.2) is 35.3 Å². The zero-order valence-electron chi connectivity index (χ0n) is 16.7. The summed E-state index contributed by atoms with van der Waals surface area (Å²) in [6, 6.07) is 5.44. The van der Waals surface area contributed by atoms with Gasteiger partial charge in [-0.15, -0.1) is 11.3 Å². The number of nitrogen functional groups attached to an aromatic ring is 1. The number of dihydropyridines is 1. The SMILES string of the molecule is CCCN(C(=O)c1sc2nc(C3=CCCN=C3)ccc2c1N)c1ccc(F)c(F)c1F. The second-order valence-corrected chi connectivity index (χ2v) is 8.03. The second kappa shape index (κ2) is 8.50. The number of thiophene rings is 1. The highest BCUT2D eigenvalue weighted by molar-refractivity contribution is 7.21. The van der Waals surface area contributed by atoms with E-state index in [0.717, 1.165) is 46.9 Å². The number of carbonyl (C=O) groups excluding carboxylic acids is 1. The van der Waals surface area contributed by atoms with E-state index >= 15 is 0 Å². The van der Waals surface area contributed by atoms with E-state index in [2.05, 4.69) is 9.98 Å². The van der Waals surface area contributed by atoms with Gasteiger partial charge in [-0.25, -0.2) is 18.2 Å². The molecule has 0 spiro atoms. The lowest BCUT2D eigenvalue weighted by molar-refractivity contribution is 0.0990. The molecule has 0 saturated carbocycles. The summed E-state index contributed by atoms with van der Waals surface area (Å²) < 4.78 is 41.6. The summed E-state index contributed by atoms with van der Waals surface area (Å²) >= 11 is 1.08. The van der Waals surface area contributed by atoms with E-state index in [1.54, 1.807) is 19.2 Å². The molecule has 2 aromatic heterocycles. The first kappa shape index (κ1) is 21.0. The number of hydrogen-bond acceptors (Lipinski definition) is 5. The van der Waals surface area contributed by atoms with Gasteiger partial charge in [-0.1, -0.05) is 13.0 Å². The molecule has 31 heavy (non-hydrogen) atoms. The molecule has 3 heterocycles. The van der Waals surface area contributed by atoms with E-state index in [1.165, 1.54) is 0 Å². The molecule has 9 heteroatoms. The fourth-order valence-electron chi connectivity index (χ4n) is 3.40. The predicted molar refractivity (Wildman–Crippen MR) is 118 cm³/mol. The van der Waals surface area contributed by atoms with Crippen molar-refractivity contribution in [1.82, 2.24) is 4.98 Å². The summed E-state index contributed by atoms with van der Waals surface area (Å²) in [5.74, 6) is -4.94. The molecule has 0 radical (unpaired) electrons. The Kier molecular flexibility index (Phi) is 5.77. The Balaban J connectivity index is 1.76. The fraction of sp³-hybridized carbons (Fsp3) is 0.227. The fourth-order valence-corrected chi connectivity index (χ4v) is 4.44. The number of aliphatic imine (C=N–C) groups is 1. The number of aromatic nitrogens is 1. The van der Waals surface area contributed by atoms with Crippen LogP contribution < -0.4 is 10.6 Å². The van der Waals surface area contributed by atoms with E-state index < -0.39 is 23.4 Å². The van der Waals surface area contributed by atoms with Crippen molar-refractivity contribution in [3.8, 4) is 0 Å². The van der Waals surface area contributed by atoms with Crippen LogP contribution in [-0.4, -0.2) is 30.2 Å². The van der Waals surface area contributed by atoms with E-state index in [1.807, 2.05) is 12.1 Å². The van der Waals surface area contributed by atoms with Gasteiger partial charge in [-0.3, -0.25) is 9.79 Å². The first-order valence-corrected chi connectivity index (χ1v) is 10.6. The number of nitrogens with two attached hydrogens (primary N) is 1. The van der Waals surface area contributed by atoms with Crippen molar-refractivity contribution < 1.29 is 18.0 Å². The maximum atomic E-state index is 14.4. The molecule has 0 aliphatic carbocycles. The molecule has 160 valence electrons. The minimum atomic E-state index is -1.62. The Morgan fingerprint density at radius 2 is 2.00 bits per heavy atom. The molecule has 0 fully saturated rings. The first-order chi connectivity index (χ1) is 14.9. The Hall–Kier alpha value is -3.20. The van der Waals surface area contributed by atoms with Crippen LogP contribution in [0, 0.1) is 17.5 Å². The van der Waals surface area contributed by atoms with E-state index in [9.17, 15) is 18.0 Å². The highest BCUT2D eigenvalue weighted by Crippen LogP contribution is 2.36. The Bertz CT molecular complexity index is 1240. The van der Waals surface area contributed by atoms with Crippen LogP contribution in [0.2, 0.25) is 0 Å². The van der Waals surface area contributed by atoms with Crippen molar-refractivity contribution in [3.63, 3.8) is 0 Å². The lowest BCUT2D eigenvalue weighted by atomic mass is 10.1. The van der Waals surface area contributed by atoms with Gasteiger partial charge in [0.15, 0.2) is 17.5 Å². The molecule has 4 rings (SSSR count). The van der Waals surface area contributed by atoms with Crippen molar-refractivity contribution >= 4 is 50.6 Å². The smallest absolute Gasteiger partial charge is 0.270 e. The minimum Gasteiger partial charge on any atom is -0.397 e. The molecule has 0 atom stereocenters. The topological polar surface area (TPSA) is 71.6 Å². The summed E-state index contributed by atoms with van der Waals surface area (Å²) in [5.41, 5.74) is 7.72. The number of allylic oxidation sites excluding steroid dienone is 1. The Morgan fingerprint density at radius 1 is 1.19 bits per heavy atom. The zero-order chi connectivity index (χ0) is 22.1. The molecule has 1 aliphatic heterocycles. The maximum absolute atomic E-state index is 14.4. The van der Waals surface area contributed by atoms with Crippen LogP contribution in [0.4, 0.5) is 24.5 Å². The molecule has 1 aliphatic rings. The summed E-state index contributed by atoms with van der Waals surface area (Å²) in [6.07, 6.45) is 5.10. The monoisotopic (exact) mass is 444 g/mol. The number of hydrogen-bond donors (Lipinski definition) is 1. The third-order valence-electron chi connectivity index (χ3n) is 4.93. The number of fused-ring (bicyclic) bond motifs is 1. The highest BCUT2D eigenvalue weighted by atomic mass is 32.1. The number of halogens is 3. The minimum absolute atomic E-state index is 0.108. The molecular weight excluding hydrogens is 425 g/mol. The number of amides is 1. The number of nitrogens with zero attached hydrogens (tertiary/aromatic N) is 3. The average molecular weight is 444 g/mol. The summed E-state index contributed by atoms with van der Waals surface area (Å²) in [5, 5.41) is 0.604. The molecule has 0 bridgehead atoms. The van der Waals surface area contributed by atoms with Gasteiger partial charge in [0.05, 0.1) is 17.1 Å². The van der Waals surface area contributed by atoms with Gasteiger partial charge in [0.1, 0.15) is 9.71 Å². The van der Waals surface area contributed by atoms with Crippen molar-refractivity contribution in [2.24, 2.45) is 4.99 Å². The molecule has 1 aromatic carbocycles. The lowest BCUT2D eigenvalue weighted by Gasteiger charge is -2.22. The third kappa shape index (κ3) is 3.81. The van der Waals surface area contributed by atoms with Gasteiger partial charge >= 0.3 is 0 Å². The van der Waals surface area contributed by atoms with Gasteiger partial charge in [0.25, 0.3) is 5.91 Å². The molecule has 5 nitrogen and oxygen atoms in total. The van der Waals surface area contributed by atoms with Crippen LogP contribution >= 0.6 is 11.3 Å². The van der Waals surface area contributed by atoms with Crippen LogP contribution in [0.3, 0.4) is 0 Å². The van der Waals surface area contributed by atoms with E-state index in [4.69, 9.17) is 5.73 Å². The zero-order valence-corrected chi connectivity index (χ0v) is 17.5. The first-order valence-electron chi connectivity index (χ1n) is 9.77. The van der Waals surface area contributed by atoms with Gasteiger partial charge in [-0.05, 0) is 37.1 Å². The van der Waals surface area contributed by atoms with Gasteiger partial charge in [-0.2, -0.15) is 0 Å². The summed E-state index contributed by atoms with van der Waals surface area (Å²) in [6.45, 7) is 2.64. The standard InChI is InChI=1S/C22H19F3N4OS/c1-2-10-29(16-8-6-14(23)17(24)18(16)25)22(30)20-19(26)13-5-7-15(28-21(13)31-20)12-4-3-9-27-11-12/h4-8,11H,2-3,9-10,26H2,1H3. The molecule has 2 N–H and O–H groups in total. The Labute approximate surface area is 180 Å². The molecule has 1 amide bonds. The highest BCUT2D eigenvalue weighted by Gasteiger charge is 2.27. The van der Waals surface area contributed by atoms with Crippen molar-refractivity contribution in [2.45, 2.75) is 19.8 Å². The number of pyridine rings is 1. The number of anilines is 2. The maximum Gasteiger partial charge on any atom is 0.270 e. The normalized spacial score (nSPS) is 13.5. The lowest BCUT2D eigenvalue weighted by Crippen LogP contribution is -2.32. The van der Waals surface area contributed by atoms with Crippen LogP contribution in [0.1, 0.15) is 35.1 Å². The quantitative estimate of drug-likeness (QED) is 0.549. The number of rotatable bonds is 5. The largest absolute Gasteiger partial charge is 0.397 e. The average Bonchev–Trinajstić information content (AvgIpc) is 3.12. The van der Waals surface area contributed by atoms with Crippen molar-refractivity contribution in [2.75, 3.05) is 23.7 Å². The predicted octanol–water partition coefficient (Wildman–Crippen LogP) is 5.21. The van der Waals surface area contributed by atoms with Crippen LogP contribution in [0.25, 0.3) is 15.8 Å².